The van der Waals surface area contributed by atoms with Crippen LogP contribution in [0.2, 0.25) is 0 Å². The van der Waals surface area contributed by atoms with Gasteiger partial charge in [0.2, 0.25) is 5.89 Å². The monoisotopic (exact) mass is 294 g/mol. The predicted octanol–water partition coefficient (Wildman–Crippen LogP) is 2.05. The van der Waals surface area contributed by atoms with Crippen LogP contribution in [0.3, 0.4) is 0 Å². The van der Waals surface area contributed by atoms with Crippen molar-refractivity contribution < 1.29 is 9.26 Å². The summed E-state index contributed by atoms with van der Waals surface area (Å²) in [5.74, 6) is 1.39. The van der Waals surface area contributed by atoms with Crippen molar-refractivity contribution in [3.05, 3.63) is 28.3 Å². The highest BCUT2D eigenvalue weighted by Gasteiger charge is 2.29. The van der Waals surface area contributed by atoms with Crippen LogP contribution in [0, 0.1) is 0 Å². The summed E-state index contributed by atoms with van der Waals surface area (Å²) in [5.41, 5.74) is 0. The smallest absolute Gasteiger partial charge is 0.240 e. The Morgan fingerprint density at radius 3 is 3.30 bits per heavy atom. The molecule has 20 heavy (non-hydrogen) atoms. The lowest BCUT2D eigenvalue weighted by atomic mass is 10.2. The topological polar surface area (TPSA) is 64.3 Å². The van der Waals surface area contributed by atoms with E-state index in [0.29, 0.717) is 37.3 Å². The fourth-order valence-electron chi connectivity index (χ4n) is 2.52. The molecule has 0 radical (unpaired) electrons. The molecule has 108 valence electrons. The summed E-state index contributed by atoms with van der Waals surface area (Å²) in [6.45, 7) is 2.37. The van der Waals surface area contributed by atoms with Gasteiger partial charge in [0.1, 0.15) is 5.01 Å². The molecule has 1 aliphatic heterocycles. The minimum Gasteiger partial charge on any atom is -0.384 e. The number of nitrogens with zero attached hydrogens (tertiary/aromatic N) is 4. The van der Waals surface area contributed by atoms with E-state index in [9.17, 15) is 0 Å². The summed E-state index contributed by atoms with van der Waals surface area (Å²) in [6, 6.07) is 0.393. The molecule has 2 aromatic rings. The molecular weight excluding hydrogens is 276 g/mol. The standard InChI is InChI=1S/C13H18N4O2S/c1-18-7-4-11-15-12(19-16-11)9-17-6-2-3-10(17)13-14-5-8-20-13/h5,8,10H,2-4,6-7,9H2,1H3. The summed E-state index contributed by atoms with van der Waals surface area (Å²) in [7, 11) is 1.67. The number of hydrogen-bond acceptors (Lipinski definition) is 7. The first kappa shape index (κ1) is 13.7. The van der Waals surface area contributed by atoms with E-state index in [1.165, 1.54) is 11.4 Å². The van der Waals surface area contributed by atoms with Crippen LogP contribution < -0.4 is 0 Å². The lowest BCUT2D eigenvalue weighted by molar-refractivity contribution is 0.199. The first-order valence-corrected chi connectivity index (χ1v) is 7.68. The van der Waals surface area contributed by atoms with Crippen molar-refractivity contribution in [2.75, 3.05) is 20.3 Å². The molecule has 6 nitrogen and oxygen atoms in total. The molecular formula is C13H18N4O2S. The van der Waals surface area contributed by atoms with Crippen molar-refractivity contribution in [1.82, 2.24) is 20.0 Å². The molecule has 1 aliphatic rings. The van der Waals surface area contributed by atoms with Crippen molar-refractivity contribution >= 4 is 11.3 Å². The van der Waals surface area contributed by atoms with Crippen LogP contribution in [-0.2, 0) is 17.7 Å². The molecule has 1 atom stereocenters. The van der Waals surface area contributed by atoms with Crippen LogP contribution in [0.1, 0.15) is 35.6 Å². The van der Waals surface area contributed by atoms with Gasteiger partial charge in [0.15, 0.2) is 5.82 Å². The Kier molecular flexibility index (Phi) is 4.39. The lowest BCUT2D eigenvalue weighted by Crippen LogP contribution is -2.22. The number of ether oxygens (including phenoxy) is 1. The fraction of sp³-hybridized carbons (Fsp3) is 0.615. The van der Waals surface area contributed by atoms with Gasteiger partial charge in [-0.2, -0.15) is 4.98 Å². The molecule has 7 heteroatoms. The summed E-state index contributed by atoms with van der Waals surface area (Å²) in [5, 5.41) is 7.19. The molecule has 3 heterocycles. The van der Waals surface area contributed by atoms with Crippen molar-refractivity contribution in [2.24, 2.45) is 0 Å². The van der Waals surface area contributed by atoms with Crippen molar-refractivity contribution in [2.45, 2.75) is 31.8 Å². The highest BCUT2D eigenvalue weighted by atomic mass is 32.1. The third kappa shape index (κ3) is 3.05. The molecule has 0 saturated carbocycles. The zero-order valence-electron chi connectivity index (χ0n) is 11.5. The zero-order chi connectivity index (χ0) is 13.8. The van der Waals surface area contributed by atoms with Gasteiger partial charge in [-0.15, -0.1) is 11.3 Å². The van der Waals surface area contributed by atoms with Crippen LogP contribution in [0.5, 0.6) is 0 Å². The van der Waals surface area contributed by atoms with Gasteiger partial charge in [0.25, 0.3) is 0 Å². The van der Waals surface area contributed by atoms with Gasteiger partial charge in [-0.3, -0.25) is 4.90 Å². The Morgan fingerprint density at radius 2 is 2.50 bits per heavy atom. The van der Waals surface area contributed by atoms with Gasteiger partial charge in [-0.1, -0.05) is 5.16 Å². The van der Waals surface area contributed by atoms with E-state index in [1.54, 1.807) is 18.4 Å². The highest BCUT2D eigenvalue weighted by molar-refractivity contribution is 7.09. The summed E-state index contributed by atoms with van der Waals surface area (Å²) in [4.78, 5) is 11.2. The third-order valence-electron chi connectivity index (χ3n) is 3.48. The molecule has 0 aliphatic carbocycles. The molecule has 0 bridgehead atoms. The van der Waals surface area contributed by atoms with Gasteiger partial charge in [0.05, 0.1) is 19.2 Å². The second-order valence-electron chi connectivity index (χ2n) is 4.85. The third-order valence-corrected chi connectivity index (χ3v) is 4.36. The Labute approximate surface area is 121 Å². The largest absolute Gasteiger partial charge is 0.384 e. The molecule has 0 spiro atoms. The molecule has 1 fully saturated rings. The van der Waals surface area contributed by atoms with E-state index in [0.717, 1.165) is 13.0 Å². The number of rotatable bonds is 6. The first-order valence-electron chi connectivity index (χ1n) is 6.80. The minimum atomic E-state index is 0.393. The average Bonchev–Trinajstić information content (AvgIpc) is 3.18. The SMILES string of the molecule is COCCc1noc(CN2CCCC2c2nccs2)n1. The molecule has 0 aromatic carbocycles. The lowest BCUT2D eigenvalue weighted by Gasteiger charge is -2.20. The predicted molar refractivity (Wildman–Crippen MR) is 74.4 cm³/mol. The van der Waals surface area contributed by atoms with E-state index < -0.39 is 0 Å². The molecule has 1 saturated heterocycles. The summed E-state index contributed by atoms with van der Waals surface area (Å²) in [6.07, 6.45) is 4.90. The van der Waals surface area contributed by atoms with Crippen molar-refractivity contribution in [1.29, 1.82) is 0 Å². The maximum absolute atomic E-state index is 5.31. The van der Waals surface area contributed by atoms with Crippen molar-refractivity contribution in [3.63, 3.8) is 0 Å². The average molecular weight is 294 g/mol. The molecule has 3 rings (SSSR count). The molecule has 2 aromatic heterocycles. The Hall–Kier alpha value is -1.31. The van der Waals surface area contributed by atoms with Crippen LogP contribution in [0.25, 0.3) is 0 Å². The fourth-order valence-corrected chi connectivity index (χ4v) is 3.32. The number of likely N-dealkylation sites (tertiary alicyclic amines) is 1. The molecule has 0 amide bonds. The second kappa shape index (κ2) is 6.43. The minimum absolute atomic E-state index is 0.393. The zero-order valence-corrected chi connectivity index (χ0v) is 12.3. The van der Waals surface area contributed by atoms with E-state index in [4.69, 9.17) is 9.26 Å². The molecule has 0 N–H and O–H groups in total. The number of aromatic nitrogens is 3. The van der Waals surface area contributed by atoms with Crippen LogP contribution in [0.4, 0.5) is 0 Å². The van der Waals surface area contributed by atoms with Gasteiger partial charge in [0, 0.05) is 25.1 Å². The van der Waals surface area contributed by atoms with Gasteiger partial charge >= 0.3 is 0 Å². The first-order chi connectivity index (χ1) is 9.86. The molecule has 1 unspecified atom stereocenters. The Morgan fingerprint density at radius 1 is 1.55 bits per heavy atom. The summed E-state index contributed by atoms with van der Waals surface area (Å²) >= 11 is 1.71. The second-order valence-corrected chi connectivity index (χ2v) is 5.77. The van der Waals surface area contributed by atoms with Crippen LogP contribution in [0.15, 0.2) is 16.1 Å². The van der Waals surface area contributed by atoms with Gasteiger partial charge in [-0.05, 0) is 19.4 Å². The van der Waals surface area contributed by atoms with E-state index in [1.807, 2.05) is 11.6 Å². The quantitative estimate of drug-likeness (QED) is 0.812. The maximum Gasteiger partial charge on any atom is 0.240 e. The van der Waals surface area contributed by atoms with E-state index in [-0.39, 0.29) is 0 Å². The van der Waals surface area contributed by atoms with Crippen LogP contribution >= 0.6 is 11.3 Å². The van der Waals surface area contributed by atoms with Crippen LogP contribution in [-0.4, -0.2) is 40.3 Å². The van der Waals surface area contributed by atoms with E-state index in [2.05, 4.69) is 20.0 Å². The highest BCUT2D eigenvalue weighted by Crippen LogP contribution is 2.33. The number of hydrogen-bond donors (Lipinski definition) is 0. The Balaban J connectivity index is 1.63. The van der Waals surface area contributed by atoms with Gasteiger partial charge < -0.3 is 9.26 Å². The Bertz CT molecular complexity index is 528. The number of thiazole rings is 1. The normalized spacial score (nSPS) is 19.8. The number of methoxy groups -OCH3 is 1. The summed E-state index contributed by atoms with van der Waals surface area (Å²) < 4.78 is 10.3. The van der Waals surface area contributed by atoms with Gasteiger partial charge in [-0.25, -0.2) is 4.98 Å². The van der Waals surface area contributed by atoms with E-state index >= 15 is 0 Å². The van der Waals surface area contributed by atoms with Crippen molar-refractivity contribution in [3.8, 4) is 0 Å². The maximum atomic E-state index is 5.31.